The van der Waals surface area contributed by atoms with Gasteiger partial charge in [-0.05, 0) is 12.8 Å². The Morgan fingerprint density at radius 1 is 0.512 bits per heavy atom. The fourth-order valence-electron chi connectivity index (χ4n) is 4.02. The second kappa shape index (κ2) is 35.4. The van der Waals surface area contributed by atoms with E-state index in [1.165, 1.54) is 77.0 Å². The van der Waals surface area contributed by atoms with Crippen LogP contribution in [0.1, 0.15) is 169 Å². The van der Waals surface area contributed by atoms with Gasteiger partial charge in [0.15, 0.2) is 11.6 Å². The molecule has 0 heterocycles. The Morgan fingerprint density at radius 3 is 0.927 bits per heavy atom. The van der Waals surface area contributed by atoms with Crippen molar-refractivity contribution in [2.75, 3.05) is 6.54 Å². The summed E-state index contributed by atoms with van der Waals surface area (Å²) in [4.78, 5) is 43.9. The van der Waals surface area contributed by atoms with Crippen molar-refractivity contribution < 1.29 is 29.4 Å². The van der Waals surface area contributed by atoms with Crippen LogP contribution in [0.25, 0.3) is 0 Å². The van der Waals surface area contributed by atoms with E-state index in [1.54, 1.807) is 13.8 Å². The SMILES string of the molecule is CCC(=O)O.CCC(=O)O.CCCCCCCCCCCC(=O)C(N)(CN)C(=O)CCCCCCCCCCC.[NaH]. The Kier molecular flexibility index (Phi) is 40.7. The maximum absolute atomic E-state index is 12.6. The van der Waals surface area contributed by atoms with Crippen molar-refractivity contribution in [3.63, 3.8) is 0 Å². The third-order valence-corrected chi connectivity index (χ3v) is 6.94. The van der Waals surface area contributed by atoms with Crippen molar-refractivity contribution in [1.29, 1.82) is 0 Å². The number of ketones is 2. The van der Waals surface area contributed by atoms with Gasteiger partial charge in [-0.1, -0.05) is 130 Å². The number of Topliss-reactive ketones (excluding diaryl/α,β-unsaturated/α-hetero) is 2. The van der Waals surface area contributed by atoms with Crippen LogP contribution in [0.2, 0.25) is 0 Å². The molecule has 0 aromatic rings. The molecule has 0 fully saturated rings. The topological polar surface area (TPSA) is 161 Å². The van der Waals surface area contributed by atoms with Crippen LogP contribution in [0.5, 0.6) is 0 Å². The van der Waals surface area contributed by atoms with Crippen LogP contribution in [-0.2, 0) is 19.2 Å². The summed E-state index contributed by atoms with van der Waals surface area (Å²) < 4.78 is 0. The monoisotopic (exact) mass is 596 g/mol. The van der Waals surface area contributed by atoms with Crippen molar-refractivity contribution in [2.45, 2.75) is 174 Å². The number of carbonyl (C=O) groups is 4. The molecule has 0 unspecified atom stereocenters. The fourth-order valence-corrected chi connectivity index (χ4v) is 4.02. The van der Waals surface area contributed by atoms with Gasteiger partial charge in [-0.15, -0.1) is 0 Å². The van der Waals surface area contributed by atoms with Gasteiger partial charge >= 0.3 is 41.5 Å². The predicted molar refractivity (Wildman–Crippen MR) is 173 cm³/mol. The average Bonchev–Trinajstić information content (AvgIpc) is 2.95. The van der Waals surface area contributed by atoms with E-state index in [-0.39, 0.29) is 60.5 Å². The third kappa shape index (κ3) is 33.6. The molecule has 0 aliphatic rings. The predicted octanol–water partition coefficient (Wildman–Crippen LogP) is 6.94. The first-order valence-corrected chi connectivity index (χ1v) is 16.1. The number of aliphatic carboxylic acids is 2. The number of nitrogens with two attached hydrogens (primary N) is 2. The molecular formula is C32H65N2NaO6. The van der Waals surface area contributed by atoms with Gasteiger partial charge in [0.2, 0.25) is 0 Å². The summed E-state index contributed by atoms with van der Waals surface area (Å²) in [6.07, 6.45) is 22.8. The average molecular weight is 597 g/mol. The molecule has 0 saturated carbocycles. The van der Waals surface area contributed by atoms with Crippen LogP contribution in [0.15, 0.2) is 0 Å². The molecule has 0 bridgehead atoms. The van der Waals surface area contributed by atoms with Gasteiger partial charge in [0.05, 0.1) is 0 Å². The Morgan fingerprint density at radius 2 is 0.732 bits per heavy atom. The van der Waals surface area contributed by atoms with E-state index in [9.17, 15) is 19.2 Å². The number of carbonyl (C=O) groups excluding carboxylic acids is 2. The van der Waals surface area contributed by atoms with E-state index in [0.29, 0.717) is 12.8 Å². The Hall–Kier alpha value is -0.800. The maximum atomic E-state index is 12.6. The molecule has 0 aliphatic carbocycles. The van der Waals surface area contributed by atoms with E-state index in [1.807, 2.05) is 0 Å². The molecule has 0 aliphatic heterocycles. The summed E-state index contributed by atoms with van der Waals surface area (Å²) in [7, 11) is 0. The molecule has 240 valence electrons. The van der Waals surface area contributed by atoms with Crippen LogP contribution in [0, 0.1) is 0 Å². The number of hydrogen-bond donors (Lipinski definition) is 4. The summed E-state index contributed by atoms with van der Waals surface area (Å²) in [5.41, 5.74) is 10.5. The Balaban J connectivity index is -0.000000529. The van der Waals surface area contributed by atoms with Gasteiger partial charge < -0.3 is 21.7 Å². The fraction of sp³-hybridized carbons (Fsp3) is 0.875. The molecule has 0 aromatic carbocycles. The molecule has 0 atom stereocenters. The molecule has 41 heavy (non-hydrogen) atoms. The molecule has 6 N–H and O–H groups in total. The van der Waals surface area contributed by atoms with Crippen LogP contribution in [-0.4, -0.2) is 75.4 Å². The van der Waals surface area contributed by atoms with Gasteiger partial charge in [-0.2, -0.15) is 0 Å². The van der Waals surface area contributed by atoms with Gasteiger partial charge in [0, 0.05) is 32.2 Å². The summed E-state index contributed by atoms with van der Waals surface area (Å²) in [5.74, 6) is -1.81. The van der Waals surface area contributed by atoms with Crippen molar-refractivity contribution in [2.24, 2.45) is 11.5 Å². The first kappa shape index (κ1) is 47.1. The molecule has 0 radical (unpaired) electrons. The van der Waals surface area contributed by atoms with Gasteiger partial charge in [0.25, 0.3) is 0 Å². The van der Waals surface area contributed by atoms with Crippen molar-refractivity contribution >= 4 is 53.1 Å². The first-order valence-electron chi connectivity index (χ1n) is 16.1. The number of hydrogen-bond acceptors (Lipinski definition) is 6. The summed E-state index contributed by atoms with van der Waals surface area (Å²) >= 11 is 0. The molecular weight excluding hydrogens is 531 g/mol. The normalized spacial score (nSPS) is 10.4. The zero-order valence-corrected chi connectivity index (χ0v) is 26.4. The van der Waals surface area contributed by atoms with Crippen LogP contribution in [0.3, 0.4) is 0 Å². The number of carboxylic acids is 2. The molecule has 0 saturated heterocycles. The summed E-state index contributed by atoms with van der Waals surface area (Å²) in [5, 5.41) is 15.4. The van der Waals surface area contributed by atoms with Crippen molar-refractivity contribution in [3.05, 3.63) is 0 Å². The van der Waals surface area contributed by atoms with E-state index in [4.69, 9.17) is 21.7 Å². The van der Waals surface area contributed by atoms with Crippen LogP contribution in [0.4, 0.5) is 0 Å². The van der Waals surface area contributed by atoms with E-state index >= 15 is 0 Å². The number of unbranched alkanes of at least 4 members (excludes halogenated alkanes) is 16. The summed E-state index contributed by atoms with van der Waals surface area (Å²) in [6, 6.07) is 0. The van der Waals surface area contributed by atoms with Crippen molar-refractivity contribution in [1.82, 2.24) is 0 Å². The molecule has 9 heteroatoms. The van der Waals surface area contributed by atoms with Crippen molar-refractivity contribution in [3.8, 4) is 0 Å². The van der Waals surface area contributed by atoms with Gasteiger partial charge in [-0.3, -0.25) is 19.2 Å². The van der Waals surface area contributed by atoms with E-state index < -0.39 is 17.5 Å². The quantitative estimate of drug-likeness (QED) is 0.0501. The van der Waals surface area contributed by atoms with Gasteiger partial charge in [-0.25, -0.2) is 0 Å². The number of rotatable bonds is 25. The molecule has 8 nitrogen and oxygen atoms in total. The van der Waals surface area contributed by atoms with Crippen LogP contribution >= 0.6 is 0 Å². The molecule has 0 amide bonds. The van der Waals surface area contributed by atoms with E-state index in [0.717, 1.165) is 38.5 Å². The second-order valence-electron chi connectivity index (χ2n) is 10.7. The third-order valence-electron chi connectivity index (χ3n) is 6.94. The molecule has 0 aromatic heterocycles. The second-order valence-corrected chi connectivity index (χ2v) is 10.7. The zero-order chi connectivity index (χ0) is 31.1. The Labute approximate surface area is 273 Å². The minimum absolute atomic E-state index is 0. The summed E-state index contributed by atoms with van der Waals surface area (Å²) in [6.45, 7) is 7.60. The number of carboxylic acid groups (broad SMARTS) is 2. The standard InChI is InChI=1S/C26H52N2O2.2C3H6O2.Na.H/c1-3-5-7-9-11-13-15-17-19-21-24(29)26(28,23-27)25(30)22-20-18-16-14-12-10-8-6-4-2;2*1-2-3(4)5;;/h3-23,27-28H2,1-2H3;2*2H2,1H3,(H,4,5);;. The molecule has 0 rings (SSSR count). The first-order chi connectivity index (χ1) is 19.1. The minimum atomic E-state index is -1.46. The van der Waals surface area contributed by atoms with E-state index in [2.05, 4.69) is 13.8 Å². The molecule has 0 spiro atoms. The zero-order valence-electron chi connectivity index (χ0n) is 26.4. The van der Waals surface area contributed by atoms with Gasteiger partial charge in [0.1, 0.15) is 5.54 Å². The van der Waals surface area contributed by atoms with Crippen LogP contribution < -0.4 is 11.5 Å². The Bertz CT molecular complexity index is 583.